The molecular formula is C21H22O5. The number of allylic oxidation sites excluding steroid dienone is 3. The van der Waals surface area contributed by atoms with Gasteiger partial charge in [0.25, 0.3) is 0 Å². The molecule has 0 unspecified atom stereocenters. The average molecular weight is 354 g/mol. The molecule has 0 radical (unpaired) electrons. The van der Waals surface area contributed by atoms with Gasteiger partial charge in [-0.1, -0.05) is 11.6 Å². The molecule has 0 aromatic heterocycles. The predicted molar refractivity (Wildman–Crippen MR) is 101 cm³/mol. The summed E-state index contributed by atoms with van der Waals surface area (Å²) >= 11 is 0. The van der Waals surface area contributed by atoms with E-state index in [1.165, 1.54) is 37.4 Å². The summed E-state index contributed by atoms with van der Waals surface area (Å²) in [5.41, 5.74) is 2.05. The van der Waals surface area contributed by atoms with E-state index in [4.69, 9.17) is 4.74 Å². The molecule has 3 N–H and O–H groups in total. The molecule has 0 aliphatic heterocycles. The summed E-state index contributed by atoms with van der Waals surface area (Å²) < 4.78 is 5.27. The second-order valence-corrected chi connectivity index (χ2v) is 6.07. The van der Waals surface area contributed by atoms with Gasteiger partial charge in [0.05, 0.1) is 12.7 Å². The lowest BCUT2D eigenvalue weighted by atomic mass is 10.00. The third-order valence-corrected chi connectivity index (χ3v) is 3.87. The van der Waals surface area contributed by atoms with Crippen molar-refractivity contribution in [1.29, 1.82) is 0 Å². The van der Waals surface area contributed by atoms with Gasteiger partial charge >= 0.3 is 0 Å². The van der Waals surface area contributed by atoms with E-state index >= 15 is 0 Å². The van der Waals surface area contributed by atoms with Crippen molar-refractivity contribution in [1.82, 2.24) is 0 Å². The first-order valence-corrected chi connectivity index (χ1v) is 8.10. The summed E-state index contributed by atoms with van der Waals surface area (Å²) in [7, 11) is 1.50. The number of aliphatic hydroxyl groups is 1. The molecule has 26 heavy (non-hydrogen) atoms. The van der Waals surface area contributed by atoms with Crippen molar-refractivity contribution >= 4 is 11.5 Å². The van der Waals surface area contributed by atoms with Gasteiger partial charge in [0.1, 0.15) is 23.0 Å². The van der Waals surface area contributed by atoms with Crippen molar-refractivity contribution in [2.45, 2.75) is 20.3 Å². The van der Waals surface area contributed by atoms with Crippen LogP contribution in [0.15, 0.2) is 54.1 Å². The summed E-state index contributed by atoms with van der Waals surface area (Å²) in [5, 5.41) is 29.9. The average Bonchev–Trinajstić information content (AvgIpc) is 2.60. The van der Waals surface area contributed by atoms with Crippen LogP contribution in [0.1, 0.15) is 35.3 Å². The Bertz CT molecular complexity index is 857. The molecule has 0 saturated carbocycles. The Morgan fingerprint density at radius 1 is 1.08 bits per heavy atom. The SMILES string of the molecule is COc1ccc(C(=O)/C=C(\O)c2ccc(O)cc2)c(O)c1CC=C(C)C. The highest BCUT2D eigenvalue weighted by Gasteiger charge is 2.17. The van der Waals surface area contributed by atoms with Crippen LogP contribution in [-0.4, -0.2) is 28.2 Å². The maximum Gasteiger partial charge on any atom is 0.193 e. The fourth-order valence-corrected chi connectivity index (χ4v) is 2.43. The van der Waals surface area contributed by atoms with Crippen LogP contribution in [0.3, 0.4) is 0 Å². The van der Waals surface area contributed by atoms with Crippen LogP contribution in [0.25, 0.3) is 5.76 Å². The van der Waals surface area contributed by atoms with Crippen molar-refractivity contribution in [3.63, 3.8) is 0 Å². The fourth-order valence-electron chi connectivity index (χ4n) is 2.43. The Morgan fingerprint density at radius 3 is 2.31 bits per heavy atom. The number of ketones is 1. The lowest BCUT2D eigenvalue weighted by Crippen LogP contribution is -2.01. The van der Waals surface area contributed by atoms with E-state index in [0.717, 1.165) is 11.6 Å². The topological polar surface area (TPSA) is 87.0 Å². The number of hydrogen-bond donors (Lipinski definition) is 3. The molecule has 2 aromatic rings. The number of aromatic hydroxyl groups is 2. The van der Waals surface area contributed by atoms with E-state index in [0.29, 0.717) is 23.3 Å². The Kier molecular flexibility index (Phi) is 6.07. The zero-order valence-corrected chi connectivity index (χ0v) is 15.0. The zero-order chi connectivity index (χ0) is 19.3. The van der Waals surface area contributed by atoms with Crippen LogP contribution in [0.5, 0.6) is 17.2 Å². The third-order valence-electron chi connectivity index (χ3n) is 3.87. The number of phenols is 2. The molecule has 0 heterocycles. The number of aliphatic hydroxyl groups excluding tert-OH is 1. The minimum absolute atomic E-state index is 0.0598. The minimum atomic E-state index is -0.533. The van der Waals surface area contributed by atoms with Gasteiger partial charge in [-0.15, -0.1) is 0 Å². The van der Waals surface area contributed by atoms with E-state index in [1.54, 1.807) is 6.07 Å². The molecule has 0 amide bonds. The third kappa shape index (κ3) is 4.45. The molecule has 0 spiro atoms. The van der Waals surface area contributed by atoms with Crippen LogP contribution < -0.4 is 4.74 Å². The Balaban J connectivity index is 2.39. The number of rotatable bonds is 6. The maximum absolute atomic E-state index is 12.5. The van der Waals surface area contributed by atoms with Crippen LogP contribution >= 0.6 is 0 Å². The first-order chi connectivity index (χ1) is 12.3. The van der Waals surface area contributed by atoms with Crippen LogP contribution in [0.2, 0.25) is 0 Å². The Labute approximate surface area is 152 Å². The number of carbonyl (C=O) groups is 1. The molecule has 0 bridgehead atoms. The van der Waals surface area contributed by atoms with Gasteiger partial charge in [-0.2, -0.15) is 0 Å². The molecule has 2 rings (SSSR count). The molecule has 0 fully saturated rings. The quantitative estimate of drug-likeness (QED) is 0.310. The van der Waals surface area contributed by atoms with Crippen molar-refractivity contribution < 1.29 is 24.9 Å². The monoisotopic (exact) mass is 354 g/mol. The number of phenolic OH excluding ortho intramolecular Hbond substituents is 2. The summed E-state index contributed by atoms with van der Waals surface area (Å²) in [6.45, 7) is 3.88. The largest absolute Gasteiger partial charge is 0.508 e. The lowest BCUT2D eigenvalue weighted by Gasteiger charge is -2.12. The van der Waals surface area contributed by atoms with Gasteiger partial charge in [-0.25, -0.2) is 0 Å². The van der Waals surface area contributed by atoms with Gasteiger partial charge in [0.2, 0.25) is 0 Å². The van der Waals surface area contributed by atoms with Crippen molar-refractivity contribution in [3.05, 3.63) is 70.8 Å². The van der Waals surface area contributed by atoms with E-state index in [1.807, 2.05) is 19.9 Å². The minimum Gasteiger partial charge on any atom is -0.508 e. The first-order valence-electron chi connectivity index (χ1n) is 8.10. The molecule has 136 valence electrons. The fraction of sp³-hybridized carbons (Fsp3) is 0.190. The first kappa shape index (κ1) is 19.1. The second kappa shape index (κ2) is 8.25. The number of hydrogen-bond acceptors (Lipinski definition) is 5. The normalized spacial score (nSPS) is 11.1. The number of carbonyl (C=O) groups excluding carboxylic acids is 1. The summed E-state index contributed by atoms with van der Waals surface area (Å²) in [5.74, 6) is -0.403. The molecule has 5 nitrogen and oxygen atoms in total. The molecule has 0 atom stereocenters. The van der Waals surface area contributed by atoms with Gasteiger partial charge in [0, 0.05) is 17.2 Å². The van der Waals surface area contributed by atoms with Crippen LogP contribution in [0.4, 0.5) is 0 Å². The molecule has 5 heteroatoms. The zero-order valence-electron chi connectivity index (χ0n) is 15.0. The lowest BCUT2D eigenvalue weighted by molar-refractivity contribution is 0.104. The smallest absolute Gasteiger partial charge is 0.193 e. The van der Waals surface area contributed by atoms with Crippen molar-refractivity contribution in [2.75, 3.05) is 7.11 Å². The van der Waals surface area contributed by atoms with Gasteiger partial charge in [0.15, 0.2) is 5.78 Å². The van der Waals surface area contributed by atoms with Gasteiger partial charge < -0.3 is 20.1 Å². The summed E-state index contributed by atoms with van der Waals surface area (Å²) in [4.78, 5) is 12.5. The Hall–Kier alpha value is -3.21. The standard InChI is InChI=1S/C21H22O5/c1-13(2)4-9-17-20(26-3)11-10-16(21(17)25)19(24)12-18(23)14-5-7-15(22)8-6-14/h4-8,10-12,22-23,25H,9H2,1-3H3/b18-12-. The number of benzene rings is 2. The van der Waals surface area contributed by atoms with Crippen molar-refractivity contribution in [2.24, 2.45) is 0 Å². The molecular weight excluding hydrogens is 332 g/mol. The highest BCUT2D eigenvalue weighted by molar-refractivity contribution is 6.09. The molecule has 0 aliphatic rings. The molecule has 0 saturated heterocycles. The van der Waals surface area contributed by atoms with E-state index < -0.39 is 5.78 Å². The van der Waals surface area contributed by atoms with Crippen LogP contribution in [-0.2, 0) is 6.42 Å². The summed E-state index contributed by atoms with van der Waals surface area (Å²) in [6.07, 6.45) is 3.39. The Morgan fingerprint density at radius 2 is 1.73 bits per heavy atom. The van der Waals surface area contributed by atoms with E-state index in [-0.39, 0.29) is 22.8 Å². The van der Waals surface area contributed by atoms with Crippen LogP contribution in [0, 0.1) is 0 Å². The van der Waals surface area contributed by atoms with E-state index in [2.05, 4.69) is 0 Å². The maximum atomic E-state index is 12.5. The number of ether oxygens (including phenoxy) is 1. The van der Waals surface area contributed by atoms with Crippen molar-refractivity contribution in [3.8, 4) is 17.2 Å². The van der Waals surface area contributed by atoms with E-state index in [9.17, 15) is 20.1 Å². The molecule has 2 aromatic carbocycles. The second-order valence-electron chi connectivity index (χ2n) is 6.07. The highest BCUT2D eigenvalue weighted by Crippen LogP contribution is 2.33. The van der Waals surface area contributed by atoms with Gasteiger partial charge in [-0.05, 0) is 56.7 Å². The number of methoxy groups -OCH3 is 1. The predicted octanol–water partition coefficient (Wildman–Crippen LogP) is 4.40. The molecule has 0 aliphatic carbocycles. The highest BCUT2D eigenvalue weighted by atomic mass is 16.5. The van der Waals surface area contributed by atoms with Gasteiger partial charge in [-0.3, -0.25) is 4.79 Å². The summed E-state index contributed by atoms with van der Waals surface area (Å²) in [6, 6.07) is 8.87.